The van der Waals surface area contributed by atoms with Crippen LogP contribution in [0, 0.1) is 0 Å². The Morgan fingerprint density at radius 2 is 1.91 bits per heavy atom. The minimum absolute atomic E-state index is 0.0900. The van der Waals surface area contributed by atoms with Gasteiger partial charge in [0.1, 0.15) is 0 Å². The van der Waals surface area contributed by atoms with Crippen molar-refractivity contribution in [3.8, 4) is 0 Å². The van der Waals surface area contributed by atoms with E-state index in [0.29, 0.717) is 5.56 Å². The molecule has 0 bridgehead atoms. The number of carbonyl (C=O) groups excluding carboxylic acids is 1. The first-order valence-electron chi connectivity index (χ1n) is 7.07. The number of nitrogens with one attached hydrogen (secondary N) is 1. The first-order valence-corrected chi connectivity index (χ1v) is 9.04. The summed E-state index contributed by atoms with van der Waals surface area (Å²) in [4.78, 5) is 17.5. The Kier molecular flexibility index (Phi) is 5.19. The average Bonchev–Trinajstić information content (AvgIpc) is 3.07. The van der Waals surface area contributed by atoms with E-state index in [1.807, 2.05) is 42.5 Å². The van der Waals surface area contributed by atoms with Crippen LogP contribution in [0.25, 0.3) is 0 Å². The lowest BCUT2D eigenvalue weighted by Crippen LogP contribution is -2.27. The van der Waals surface area contributed by atoms with Crippen molar-refractivity contribution in [2.24, 2.45) is 4.99 Å². The highest BCUT2D eigenvalue weighted by Gasteiger charge is 2.12. The van der Waals surface area contributed by atoms with E-state index in [4.69, 9.17) is 0 Å². The second kappa shape index (κ2) is 7.51. The van der Waals surface area contributed by atoms with E-state index in [0.717, 1.165) is 28.1 Å². The predicted octanol–water partition coefficient (Wildman–Crippen LogP) is 3.81. The Morgan fingerprint density at radius 1 is 1.14 bits per heavy atom. The Hall–Kier alpha value is -1.72. The van der Waals surface area contributed by atoms with Gasteiger partial charge in [-0.3, -0.25) is 9.79 Å². The molecule has 1 aliphatic heterocycles. The zero-order valence-electron chi connectivity index (χ0n) is 12.0. The number of hydrogen-bond donors (Lipinski definition) is 1. The molecule has 1 aliphatic rings. The fraction of sp³-hybridized carbons (Fsp3) is 0.176. The highest BCUT2D eigenvalue weighted by Crippen LogP contribution is 2.23. The van der Waals surface area contributed by atoms with Gasteiger partial charge in [0, 0.05) is 22.0 Å². The Balaban J connectivity index is 1.56. The lowest BCUT2D eigenvalue weighted by Gasteiger charge is -2.05. The third-order valence-electron chi connectivity index (χ3n) is 3.17. The molecular weight excluding hydrogens is 312 g/mol. The zero-order valence-corrected chi connectivity index (χ0v) is 13.6. The molecule has 1 heterocycles. The van der Waals surface area contributed by atoms with E-state index < -0.39 is 0 Å². The summed E-state index contributed by atoms with van der Waals surface area (Å²) in [5.41, 5.74) is 1.96. The number of aliphatic imine (C=N–C) groups is 1. The van der Waals surface area contributed by atoms with Crippen LogP contribution in [0.5, 0.6) is 0 Å². The van der Waals surface area contributed by atoms with Crippen LogP contribution in [0.4, 0.5) is 0 Å². The van der Waals surface area contributed by atoms with Gasteiger partial charge < -0.3 is 5.32 Å². The summed E-state index contributed by atoms with van der Waals surface area (Å²) >= 11 is 3.36. The molecule has 3 rings (SSSR count). The number of amidine groups is 1. The van der Waals surface area contributed by atoms with E-state index >= 15 is 0 Å². The quantitative estimate of drug-likeness (QED) is 0.868. The monoisotopic (exact) mass is 328 g/mol. The fourth-order valence-electron chi connectivity index (χ4n) is 2.02. The van der Waals surface area contributed by atoms with Gasteiger partial charge in [-0.25, -0.2) is 0 Å². The summed E-state index contributed by atoms with van der Waals surface area (Å²) in [6.07, 6.45) is 0. The lowest BCUT2D eigenvalue weighted by molar-refractivity contribution is 0.0978. The third kappa shape index (κ3) is 4.15. The van der Waals surface area contributed by atoms with Crippen LogP contribution >= 0.6 is 23.5 Å². The van der Waals surface area contributed by atoms with Crippen molar-refractivity contribution in [3.05, 3.63) is 65.7 Å². The summed E-state index contributed by atoms with van der Waals surface area (Å²) in [6, 6.07) is 18.1. The molecule has 22 heavy (non-hydrogen) atoms. The zero-order chi connectivity index (χ0) is 15.2. The van der Waals surface area contributed by atoms with E-state index in [9.17, 15) is 4.79 Å². The maximum atomic E-state index is 12.1. The minimum atomic E-state index is -0.0900. The van der Waals surface area contributed by atoms with Crippen molar-refractivity contribution in [1.82, 2.24) is 5.32 Å². The molecule has 2 aromatic carbocycles. The lowest BCUT2D eigenvalue weighted by atomic mass is 10.2. The van der Waals surface area contributed by atoms with Gasteiger partial charge in [0.2, 0.25) is 0 Å². The first-order chi connectivity index (χ1) is 10.8. The van der Waals surface area contributed by atoms with E-state index in [-0.39, 0.29) is 5.91 Å². The molecule has 5 heteroatoms. The van der Waals surface area contributed by atoms with Crippen molar-refractivity contribution in [2.45, 2.75) is 10.6 Å². The van der Waals surface area contributed by atoms with Gasteiger partial charge in [-0.2, -0.15) is 0 Å². The highest BCUT2D eigenvalue weighted by molar-refractivity contribution is 8.14. The van der Waals surface area contributed by atoms with Gasteiger partial charge in [-0.15, -0.1) is 11.8 Å². The second-order valence-corrected chi connectivity index (χ2v) is 6.92. The van der Waals surface area contributed by atoms with Crippen LogP contribution in [0.15, 0.2) is 64.5 Å². The van der Waals surface area contributed by atoms with Crippen LogP contribution in [-0.2, 0) is 5.75 Å². The molecule has 0 aliphatic carbocycles. The number of carbonyl (C=O) groups is 1. The summed E-state index contributed by atoms with van der Waals surface area (Å²) in [7, 11) is 0. The van der Waals surface area contributed by atoms with Crippen LogP contribution < -0.4 is 5.32 Å². The number of hydrogen-bond acceptors (Lipinski definition) is 4. The van der Waals surface area contributed by atoms with Gasteiger partial charge in [0.15, 0.2) is 5.17 Å². The number of thioether (sulfide) groups is 2. The molecule has 0 fully saturated rings. The Labute approximate surface area is 138 Å². The molecule has 3 nitrogen and oxygen atoms in total. The van der Waals surface area contributed by atoms with Crippen molar-refractivity contribution in [1.29, 1.82) is 0 Å². The normalized spacial score (nSPS) is 13.7. The SMILES string of the molecule is O=C(NC1=NCCS1)c1ccc(SCc2ccccc2)cc1. The minimum Gasteiger partial charge on any atom is -0.301 e. The molecule has 0 spiro atoms. The van der Waals surface area contributed by atoms with Crippen LogP contribution in [0.1, 0.15) is 15.9 Å². The maximum absolute atomic E-state index is 12.1. The van der Waals surface area contributed by atoms with Gasteiger partial charge in [-0.1, -0.05) is 42.1 Å². The molecule has 0 aromatic heterocycles. The molecule has 0 unspecified atom stereocenters. The van der Waals surface area contributed by atoms with Crippen LogP contribution in [-0.4, -0.2) is 23.4 Å². The number of rotatable bonds is 4. The summed E-state index contributed by atoms with van der Waals surface area (Å²) in [6.45, 7) is 0.787. The molecule has 1 amide bonds. The Bertz CT molecular complexity index is 669. The fourth-order valence-corrected chi connectivity index (χ4v) is 3.60. The topological polar surface area (TPSA) is 41.5 Å². The highest BCUT2D eigenvalue weighted by atomic mass is 32.2. The maximum Gasteiger partial charge on any atom is 0.257 e. The number of nitrogens with zero attached hydrogens (tertiary/aromatic N) is 1. The summed E-state index contributed by atoms with van der Waals surface area (Å²) < 4.78 is 0. The first kappa shape index (κ1) is 15.2. The molecule has 0 saturated carbocycles. The van der Waals surface area contributed by atoms with Crippen LogP contribution in [0.2, 0.25) is 0 Å². The standard InChI is InChI=1S/C17H16N2OS2/c20-16(19-17-18-10-11-21-17)14-6-8-15(9-7-14)22-12-13-4-2-1-3-5-13/h1-9H,10-12H2,(H,18,19,20). The van der Waals surface area contributed by atoms with Gasteiger partial charge in [0.25, 0.3) is 5.91 Å². The molecule has 112 valence electrons. The molecule has 1 N–H and O–H groups in total. The van der Waals surface area contributed by atoms with Crippen molar-refractivity contribution >= 4 is 34.6 Å². The van der Waals surface area contributed by atoms with Gasteiger partial charge >= 0.3 is 0 Å². The number of amides is 1. The van der Waals surface area contributed by atoms with Gasteiger partial charge in [0.05, 0.1) is 6.54 Å². The van der Waals surface area contributed by atoms with E-state index in [2.05, 4.69) is 22.4 Å². The smallest absolute Gasteiger partial charge is 0.257 e. The summed E-state index contributed by atoms with van der Waals surface area (Å²) in [5, 5.41) is 3.57. The van der Waals surface area contributed by atoms with Crippen molar-refractivity contribution < 1.29 is 4.79 Å². The van der Waals surface area contributed by atoms with E-state index in [1.165, 1.54) is 5.56 Å². The molecule has 0 saturated heterocycles. The van der Waals surface area contributed by atoms with Crippen molar-refractivity contribution in [3.63, 3.8) is 0 Å². The van der Waals surface area contributed by atoms with Crippen molar-refractivity contribution in [2.75, 3.05) is 12.3 Å². The molecule has 0 atom stereocenters. The van der Waals surface area contributed by atoms with Gasteiger partial charge in [-0.05, 0) is 29.8 Å². The molecular formula is C17H16N2OS2. The third-order valence-corrected chi connectivity index (χ3v) is 5.15. The van der Waals surface area contributed by atoms with Crippen LogP contribution in [0.3, 0.4) is 0 Å². The largest absolute Gasteiger partial charge is 0.301 e. The molecule has 0 radical (unpaired) electrons. The number of benzene rings is 2. The predicted molar refractivity (Wildman–Crippen MR) is 94.7 cm³/mol. The second-order valence-electron chi connectivity index (χ2n) is 4.79. The van der Waals surface area contributed by atoms with E-state index in [1.54, 1.807) is 23.5 Å². The average molecular weight is 328 g/mol. The summed E-state index contributed by atoms with van der Waals surface area (Å²) in [5.74, 6) is 1.79. The molecule has 2 aromatic rings. The Morgan fingerprint density at radius 3 is 2.59 bits per heavy atom.